The van der Waals surface area contributed by atoms with E-state index in [9.17, 15) is 4.79 Å². The fourth-order valence-electron chi connectivity index (χ4n) is 1.62. The first-order valence-corrected chi connectivity index (χ1v) is 5.73. The van der Waals surface area contributed by atoms with Crippen molar-refractivity contribution in [2.24, 2.45) is 5.73 Å². The Labute approximate surface area is 102 Å². The molecule has 1 amide bonds. The molecule has 1 aromatic heterocycles. The number of nitrogens with two attached hydrogens (primary N) is 1. The Balaban J connectivity index is 2.69. The lowest BCUT2D eigenvalue weighted by Gasteiger charge is -2.18. The van der Waals surface area contributed by atoms with Crippen molar-refractivity contribution in [2.45, 2.75) is 19.5 Å². The van der Waals surface area contributed by atoms with E-state index in [-0.39, 0.29) is 5.91 Å². The van der Waals surface area contributed by atoms with Gasteiger partial charge in [-0.2, -0.15) is 0 Å². The van der Waals surface area contributed by atoms with Crippen LogP contribution in [0.2, 0.25) is 0 Å². The van der Waals surface area contributed by atoms with E-state index in [2.05, 4.69) is 10.3 Å². The molecule has 0 spiro atoms. The van der Waals surface area contributed by atoms with Gasteiger partial charge in [-0.05, 0) is 21.0 Å². The van der Waals surface area contributed by atoms with Crippen LogP contribution in [-0.4, -0.2) is 47.5 Å². The molecule has 1 heterocycles. The Morgan fingerprint density at radius 1 is 1.65 bits per heavy atom. The number of aromatic nitrogens is 2. The molecule has 0 aliphatic carbocycles. The van der Waals surface area contributed by atoms with Crippen LogP contribution >= 0.6 is 0 Å². The third-order valence-electron chi connectivity index (χ3n) is 2.57. The monoisotopic (exact) mass is 239 g/mol. The highest BCUT2D eigenvalue weighted by atomic mass is 16.1. The molecule has 6 nitrogen and oxygen atoms in total. The summed E-state index contributed by atoms with van der Waals surface area (Å²) in [6.45, 7) is 4.33. The number of imidazole rings is 1. The van der Waals surface area contributed by atoms with Gasteiger partial charge in [0, 0.05) is 19.6 Å². The van der Waals surface area contributed by atoms with Gasteiger partial charge >= 0.3 is 0 Å². The minimum atomic E-state index is -0.475. The molecule has 1 aromatic rings. The second-order valence-electron chi connectivity index (χ2n) is 4.20. The van der Waals surface area contributed by atoms with Crippen LogP contribution < -0.4 is 11.1 Å². The zero-order valence-electron chi connectivity index (χ0n) is 10.7. The molecule has 0 fully saturated rings. The zero-order chi connectivity index (χ0) is 12.8. The van der Waals surface area contributed by atoms with Gasteiger partial charge in [-0.1, -0.05) is 0 Å². The van der Waals surface area contributed by atoms with E-state index in [4.69, 9.17) is 5.73 Å². The van der Waals surface area contributed by atoms with Crippen LogP contribution in [-0.2, 0) is 11.3 Å². The highest BCUT2D eigenvalue weighted by molar-refractivity contribution is 5.80. The summed E-state index contributed by atoms with van der Waals surface area (Å²) in [5, 5.41) is 3.15. The van der Waals surface area contributed by atoms with Gasteiger partial charge in [0.25, 0.3) is 0 Å². The third-order valence-corrected chi connectivity index (χ3v) is 2.57. The van der Waals surface area contributed by atoms with Crippen LogP contribution in [0.15, 0.2) is 12.5 Å². The average molecular weight is 239 g/mol. The van der Waals surface area contributed by atoms with Crippen LogP contribution in [0.3, 0.4) is 0 Å². The fourth-order valence-corrected chi connectivity index (χ4v) is 1.62. The van der Waals surface area contributed by atoms with Crippen molar-refractivity contribution in [1.82, 2.24) is 19.8 Å². The molecular weight excluding hydrogens is 218 g/mol. The van der Waals surface area contributed by atoms with Gasteiger partial charge in [0.1, 0.15) is 6.04 Å². The van der Waals surface area contributed by atoms with Crippen LogP contribution in [0.1, 0.15) is 18.7 Å². The predicted octanol–water partition coefficient (Wildman–Crippen LogP) is -0.419. The lowest BCUT2D eigenvalue weighted by atomic mass is 10.2. The Bertz CT molecular complexity index is 360. The van der Waals surface area contributed by atoms with Gasteiger partial charge in [0.2, 0.25) is 5.91 Å². The first-order chi connectivity index (χ1) is 8.06. The maximum Gasteiger partial charge on any atom is 0.240 e. The zero-order valence-corrected chi connectivity index (χ0v) is 10.7. The number of hydrogen-bond donors (Lipinski definition) is 2. The Hall–Kier alpha value is -1.40. The Morgan fingerprint density at radius 2 is 2.35 bits per heavy atom. The number of rotatable bonds is 7. The number of carbonyl (C=O) groups excluding carboxylic acids is 1. The topological polar surface area (TPSA) is 76.2 Å². The molecule has 17 heavy (non-hydrogen) atoms. The number of nitrogens with one attached hydrogen (secondary N) is 1. The minimum absolute atomic E-state index is 0.376. The highest BCUT2D eigenvalue weighted by Crippen LogP contribution is 2.11. The molecule has 6 heteroatoms. The van der Waals surface area contributed by atoms with Gasteiger partial charge in [0.15, 0.2) is 0 Å². The van der Waals surface area contributed by atoms with Crippen LogP contribution in [0.5, 0.6) is 0 Å². The molecule has 96 valence electrons. The predicted molar refractivity (Wildman–Crippen MR) is 66.4 cm³/mol. The van der Waals surface area contributed by atoms with Gasteiger partial charge in [-0.3, -0.25) is 10.1 Å². The van der Waals surface area contributed by atoms with Crippen molar-refractivity contribution in [3.63, 3.8) is 0 Å². The summed E-state index contributed by atoms with van der Waals surface area (Å²) in [6.07, 6.45) is 3.39. The second-order valence-corrected chi connectivity index (χ2v) is 4.20. The van der Waals surface area contributed by atoms with Crippen molar-refractivity contribution in [1.29, 1.82) is 0 Å². The van der Waals surface area contributed by atoms with Crippen molar-refractivity contribution in [3.05, 3.63) is 18.2 Å². The summed E-state index contributed by atoms with van der Waals surface area (Å²) >= 11 is 0. The molecule has 1 rings (SSSR count). The minimum Gasteiger partial charge on any atom is -0.368 e. The van der Waals surface area contributed by atoms with Gasteiger partial charge in [-0.25, -0.2) is 4.98 Å². The first kappa shape index (κ1) is 13.7. The maximum atomic E-state index is 11.4. The van der Waals surface area contributed by atoms with Crippen molar-refractivity contribution >= 4 is 5.91 Å². The second kappa shape index (κ2) is 6.36. The van der Waals surface area contributed by atoms with Crippen molar-refractivity contribution in [2.75, 3.05) is 27.2 Å². The number of nitrogens with zero attached hydrogens (tertiary/aromatic N) is 3. The standard InChI is InChI=1S/C11H21N5O/c1-4-16-8-13-7-9(16)10(11(12)17)14-5-6-15(2)3/h7-8,10,14H,4-6H2,1-3H3,(H2,12,17). The normalized spacial score (nSPS) is 12.9. The molecule has 0 bridgehead atoms. The molecule has 0 saturated carbocycles. The summed E-state index contributed by atoms with van der Waals surface area (Å²) in [4.78, 5) is 17.5. The largest absolute Gasteiger partial charge is 0.368 e. The molecule has 1 unspecified atom stereocenters. The van der Waals surface area contributed by atoms with E-state index in [0.717, 1.165) is 18.8 Å². The average Bonchev–Trinajstić information content (AvgIpc) is 2.71. The van der Waals surface area contributed by atoms with Crippen LogP contribution in [0.4, 0.5) is 0 Å². The molecule has 0 aliphatic heterocycles. The highest BCUT2D eigenvalue weighted by Gasteiger charge is 2.20. The molecular formula is C11H21N5O. The van der Waals surface area contributed by atoms with Gasteiger partial charge in [-0.15, -0.1) is 0 Å². The summed E-state index contributed by atoms with van der Waals surface area (Å²) < 4.78 is 1.91. The van der Waals surface area contributed by atoms with E-state index in [1.165, 1.54) is 0 Å². The third kappa shape index (κ3) is 3.83. The van der Waals surface area contributed by atoms with Crippen LogP contribution in [0.25, 0.3) is 0 Å². The molecule has 0 aliphatic rings. The summed E-state index contributed by atoms with van der Waals surface area (Å²) in [5.74, 6) is -0.376. The van der Waals surface area contributed by atoms with Gasteiger partial charge in [0.05, 0.1) is 18.2 Å². The van der Waals surface area contributed by atoms with Gasteiger partial charge < -0.3 is 15.2 Å². The summed E-state index contributed by atoms with van der Waals surface area (Å²) in [6, 6.07) is -0.475. The van der Waals surface area contributed by atoms with E-state index >= 15 is 0 Å². The maximum absolute atomic E-state index is 11.4. The Morgan fingerprint density at radius 3 is 2.88 bits per heavy atom. The van der Waals surface area contributed by atoms with E-state index in [1.54, 1.807) is 12.5 Å². The van der Waals surface area contributed by atoms with E-state index < -0.39 is 6.04 Å². The number of likely N-dealkylation sites (N-methyl/N-ethyl adjacent to an activating group) is 1. The molecule has 0 saturated heterocycles. The lowest BCUT2D eigenvalue weighted by Crippen LogP contribution is -2.38. The fraction of sp³-hybridized carbons (Fsp3) is 0.636. The number of amides is 1. The number of carbonyl (C=O) groups is 1. The molecule has 3 N–H and O–H groups in total. The van der Waals surface area contributed by atoms with Crippen molar-refractivity contribution in [3.8, 4) is 0 Å². The summed E-state index contributed by atoms with van der Waals surface area (Å²) in [7, 11) is 3.97. The SMILES string of the molecule is CCn1cncc1C(NCCN(C)C)C(N)=O. The lowest BCUT2D eigenvalue weighted by molar-refractivity contribution is -0.120. The molecule has 0 aromatic carbocycles. The summed E-state index contributed by atoms with van der Waals surface area (Å²) in [5.41, 5.74) is 6.23. The number of primary amides is 1. The van der Waals surface area contributed by atoms with E-state index in [1.807, 2.05) is 30.5 Å². The van der Waals surface area contributed by atoms with E-state index in [0.29, 0.717) is 6.54 Å². The number of aryl methyl sites for hydroxylation is 1. The molecule has 0 radical (unpaired) electrons. The van der Waals surface area contributed by atoms with Crippen LogP contribution in [0, 0.1) is 0 Å². The molecule has 1 atom stereocenters. The first-order valence-electron chi connectivity index (χ1n) is 5.73. The van der Waals surface area contributed by atoms with Crippen molar-refractivity contribution < 1.29 is 4.79 Å². The quantitative estimate of drug-likeness (QED) is 0.677. The Kier molecular flexibility index (Phi) is 5.11. The number of hydrogen-bond acceptors (Lipinski definition) is 4. The smallest absolute Gasteiger partial charge is 0.240 e.